The second-order valence-electron chi connectivity index (χ2n) is 3.26. The molecule has 0 saturated heterocycles. The average molecular weight is 245 g/mol. The first-order chi connectivity index (χ1) is 7.36. The molecule has 1 aromatic rings. The van der Waals surface area contributed by atoms with Gasteiger partial charge < -0.3 is 10.3 Å². The molecule has 0 amide bonds. The van der Waals surface area contributed by atoms with Gasteiger partial charge in [-0.25, -0.2) is 18.1 Å². The first kappa shape index (κ1) is 12.7. The average Bonchev–Trinajstić information content (AvgIpc) is 2.57. The van der Waals surface area contributed by atoms with Crippen molar-refractivity contribution in [3.05, 3.63) is 12.0 Å². The monoisotopic (exact) mass is 245 g/mol. The van der Waals surface area contributed by atoms with Crippen LogP contribution in [0.25, 0.3) is 0 Å². The minimum absolute atomic E-state index is 0.0481. The highest BCUT2D eigenvalue weighted by Crippen LogP contribution is 2.08. The molecule has 0 atom stereocenters. The van der Waals surface area contributed by atoms with Gasteiger partial charge in [0.2, 0.25) is 0 Å². The molecule has 1 rings (SSSR count). The van der Waals surface area contributed by atoms with Gasteiger partial charge in [0, 0.05) is 12.7 Å². The lowest BCUT2D eigenvalue weighted by Gasteiger charge is -2.01. The first-order valence-electron chi connectivity index (χ1n) is 4.73. The van der Waals surface area contributed by atoms with Crippen molar-refractivity contribution in [3.8, 4) is 0 Å². The Bertz CT molecular complexity index is 491. The normalized spacial score (nSPS) is 11.6. The lowest BCUT2D eigenvalue weighted by Crippen LogP contribution is -2.33. The van der Waals surface area contributed by atoms with Crippen LogP contribution in [0.15, 0.2) is 11.2 Å². The fourth-order valence-corrected chi connectivity index (χ4v) is 2.19. The van der Waals surface area contributed by atoms with Crippen molar-refractivity contribution < 1.29 is 8.42 Å². The summed E-state index contributed by atoms with van der Waals surface area (Å²) in [4.78, 5) is 3.93. The number of nitrogens with two attached hydrogens (primary N) is 1. The lowest BCUT2D eigenvalue weighted by molar-refractivity contribution is 0.582. The van der Waals surface area contributed by atoms with E-state index in [1.54, 1.807) is 11.5 Å². The summed E-state index contributed by atoms with van der Waals surface area (Å²) in [5.74, 6) is 0.390. The fraction of sp³-hybridized carbons (Fsp3) is 0.500. The molecule has 1 aromatic heterocycles. The number of nitrogens with zero attached hydrogens (tertiary/aromatic N) is 2. The van der Waals surface area contributed by atoms with E-state index in [0.717, 1.165) is 0 Å². The van der Waals surface area contributed by atoms with E-state index in [1.807, 2.05) is 6.92 Å². The molecule has 0 unspecified atom stereocenters. The smallest absolute Gasteiger partial charge is 0.259 e. The number of imidazole rings is 1. The van der Waals surface area contributed by atoms with Crippen molar-refractivity contribution >= 4 is 15.9 Å². The SMILES string of the molecule is CCn1cc(S(=O)(=O)NCC(=N)N)nc1C. The van der Waals surface area contributed by atoms with Crippen LogP contribution in [0, 0.1) is 12.3 Å². The second-order valence-corrected chi connectivity index (χ2v) is 4.98. The molecule has 0 spiro atoms. The Morgan fingerprint density at radius 1 is 1.69 bits per heavy atom. The molecule has 0 aromatic carbocycles. The highest BCUT2D eigenvalue weighted by atomic mass is 32.2. The molecule has 16 heavy (non-hydrogen) atoms. The van der Waals surface area contributed by atoms with Crippen LogP contribution < -0.4 is 10.5 Å². The van der Waals surface area contributed by atoms with Crippen LogP contribution in [0.5, 0.6) is 0 Å². The molecule has 0 aliphatic carbocycles. The van der Waals surface area contributed by atoms with Gasteiger partial charge in [-0.2, -0.15) is 0 Å². The summed E-state index contributed by atoms with van der Waals surface area (Å²) in [6, 6.07) is 0. The molecule has 0 bridgehead atoms. The maximum absolute atomic E-state index is 11.7. The van der Waals surface area contributed by atoms with E-state index in [0.29, 0.717) is 12.4 Å². The van der Waals surface area contributed by atoms with Crippen LogP contribution in [0.4, 0.5) is 0 Å². The van der Waals surface area contributed by atoms with Crippen LogP contribution >= 0.6 is 0 Å². The van der Waals surface area contributed by atoms with E-state index in [2.05, 4.69) is 9.71 Å². The summed E-state index contributed by atoms with van der Waals surface area (Å²) < 4.78 is 27.3. The zero-order chi connectivity index (χ0) is 12.3. The number of rotatable bonds is 5. The van der Waals surface area contributed by atoms with Gasteiger partial charge in [-0.1, -0.05) is 0 Å². The number of sulfonamides is 1. The third kappa shape index (κ3) is 2.80. The predicted octanol–water partition coefficient (Wildman–Crippen LogP) is -0.574. The van der Waals surface area contributed by atoms with Gasteiger partial charge in [0.05, 0.1) is 6.54 Å². The second kappa shape index (κ2) is 4.62. The lowest BCUT2D eigenvalue weighted by atomic mass is 10.6. The third-order valence-corrected chi connectivity index (χ3v) is 3.29. The first-order valence-corrected chi connectivity index (χ1v) is 6.21. The van der Waals surface area contributed by atoms with Gasteiger partial charge in [-0.05, 0) is 13.8 Å². The Hall–Kier alpha value is -1.41. The van der Waals surface area contributed by atoms with Gasteiger partial charge in [0.25, 0.3) is 10.0 Å². The number of aryl methyl sites for hydroxylation is 2. The number of amidine groups is 1. The van der Waals surface area contributed by atoms with Crippen molar-refractivity contribution in [2.24, 2.45) is 5.73 Å². The molecule has 0 saturated carbocycles. The Morgan fingerprint density at radius 3 is 2.75 bits per heavy atom. The highest BCUT2D eigenvalue weighted by molar-refractivity contribution is 7.89. The van der Waals surface area contributed by atoms with Crippen molar-refractivity contribution in [2.75, 3.05) is 6.54 Å². The van der Waals surface area contributed by atoms with Gasteiger partial charge >= 0.3 is 0 Å². The molecule has 0 aliphatic rings. The van der Waals surface area contributed by atoms with E-state index in [4.69, 9.17) is 11.1 Å². The zero-order valence-electron chi connectivity index (χ0n) is 9.19. The Morgan fingerprint density at radius 2 is 2.31 bits per heavy atom. The minimum atomic E-state index is -3.67. The topological polar surface area (TPSA) is 114 Å². The largest absolute Gasteiger partial charge is 0.387 e. The highest BCUT2D eigenvalue weighted by Gasteiger charge is 2.18. The van der Waals surface area contributed by atoms with E-state index in [-0.39, 0.29) is 17.4 Å². The zero-order valence-corrected chi connectivity index (χ0v) is 10.0. The van der Waals surface area contributed by atoms with Crippen molar-refractivity contribution in [1.29, 1.82) is 5.41 Å². The standard InChI is InChI=1S/C8H15N5O2S/c1-3-13-5-8(12-6(13)2)16(14,15)11-4-7(9)10/h5,11H,3-4H2,1-2H3,(H3,9,10). The molecule has 0 aliphatic heterocycles. The number of hydrogen-bond acceptors (Lipinski definition) is 4. The summed E-state index contributed by atoms with van der Waals surface area (Å²) in [6.07, 6.45) is 1.46. The number of aromatic nitrogens is 2. The molecular weight excluding hydrogens is 230 g/mol. The van der Waals surface area contributed by atoms with Crippen LogP contribution in [0.2, 0.25) is 0 Å². The minimum Gasteiger partial charge on any atom is -0.387 e. The predicted molar refractivity (Wildman–Crippen MR) is 59.7 cm³/mol. The summed E-state index contributed by atoms with van der Waals surface area (Å²) in [7, 11) is -3.67. The van der Waals surface area contributed by atoms with Crippen LogP contribution in [0.1, 0.15) is 12.7 Å². The van der Waals surface area contributed by atoms with Gasteiger partial charge in [-0.15, -0.1) is 0 Å². The fourth-order valence-electron chi connectivity index (χ4n) is 1.18. The van der Waals surface area contributed by atoms with Crippen LogP contribution in [-0.2, 0) is 16.6 Å². The summed E-state index contributed by atoms with van der Waals surface area (Å²) in [5, 5.41) is 6.90. The Balaban J connectivity index is 2.94. The van der Waals surface area contributed by atoms with E-state index >= 15 is 0 Å². The number of hydrogen-bond donors (Lipinski definition) is 3. The molecule has 8 heteroatoms. The van der Waals surface area contributed by atoms with Gasteiger partial charge in [-0.3, -0.25) is 5.41 Å². The Kier molecular flexibility index (Phi) is 3.66. The molecule has 0 radical (unpaired) electrons. The number of nitrogens with one attached hydrogen (secondary N) is 2. The van der Waals surface area contributed by atoms with E-state index in [9.17, 15) is 8.42 Å². The molecule has 7 nitrogen and oxygen atoms in total. The van der Waals surface area contributed by atoms with Crippen molar-refractivity contribution in [3.63, 3.8) is 0 Å². The summed E-state index contributed by atoms with van der Waals surface area (Å²) in [5.41, 5.74) is 5.07. The maximum atomic E-state index is 11.7. The molecular formula is C8H15N5O2S. The molecule has 1 heterocycles. The molecule has 90 valence electrons. The summed E-state index contributed by atoms with van der Waals surface area (Å²) in [6.45, 7) is 4.07. The quantitative estimate of drug-likeness (QED) is 0.476. The van der Waals surface area contributed by atoms with Gasteiger partial charge in [0.1, 0.15) is 11.7 Å². The van der Waals surface area contributed by atoms with Crippen LogP contribution in [0.3, 0.4) is 0 Å². The third-order valence-electron chi connectivity index (χ3n) is 2.02. The maximum Gasteiger partial charge on any atom is 0.259 e. The van der Waals surface area contributed by atoms with Crippen molar-refractivity contribution in [1.82, 2.24) is 14.3 Å². The Labute approximate surface area is 94.2 Å². The van der Waals surface area contributed by atoms with Crippen LogP contribution in [-0.4, -0.2) is 30.3 Å². The van der Waals surface area contributed by atoms with E-state index < -0.39 is 10.0 Å². The van der Waals surface area contributed by atoms with Crippen molar-refractivity contribution in [2.45, 2.75) is 25.4 Å². The van der Waals surface area contributed by atoms with Gasteiger partial charge in [0.15, 0.2) is 5.03 Å². The molecule has 4 N–H and O–H groups in total. The van der Waals surface area contributed by atoms with E-state index in [1.165, 1.54) is 6.20 Å². The molecule has 0 fully saturated rings. The summed E-state index contributed by atoms with van der Waals surface area (Å²) >= 11 is 0.